The van der Waals surface area contributed by atoms with E-state index >= 15 is 0 Å². The molecule has 3 heterocycles. The minimum atomic E-state index is 0.00209. The van der Waals surface area contributed by atoms with Gasteiger partial charge in [0.15, 0.2) is 0 Å². The molecule has 5 heteroatoms. The summed E-state index contributed by atoms with van der Waals surface area (Å²) in [6, 6.07) is 11.4. The summed E-state index contributed by atoms with van der Waals surface area (Å²) in [4.78, 5) is 19.7. The van der Waals surface area contributed by atoms with Crippen LogP contribution in [0.1, 0.15) is 46.6 Å². The van der Waals surface area contributed by atoms with Crippen LogP contribution in [0.4, 0.5) is 0 Å². The summed E-state index contributed by atoms with van der Waals surface area (Å²) in [5.74, 6) is 0.469. The molecule has 1 saturated heterocycles. The maximum Gasteiger partial charge on any atom is 0.253 e. The number of piperidine rings is 1. The first-order valence-electron chi connectivity index (χ1n) is 10.1. The van der Waals surface area contributed by atoms with Gasteiger partial charge in [0, 0.05) is 48.4 Å². The minimum Gasteiger partial charge on any atom is -0.342 e. The SMILES string of the molecule is C[C@@H]1CCN(C(=O)c2cccc(C#N)c2)C[C@@H]1n1ccc2cnc3c(c21)C=CC3. The average molecular weight is 382 g/mol. The number of allylic oxidation sites excluding steroid dienone is 1. The molecule has 1 aromatic carbocycles. The number of nitriles is 1. The van der Waals surface area contributed by atoms with E-state index in [1.807, 2.05) is 11.1 Å². The van der Waals surface area contributed by atoms with Gasteiger partial charge in [-0.1, -0.05) is 25.1 Å². The van der Waals surface area contributed by atoms with Crippen LogP contribution in [-0.4, -0.2) is 33.4 Å². The fourth-order valence-electron chi connectivity index (χ4n) is 4.62. The second kappa shape index (κ2) is 6.89. The number of aromatic nitrogens is 2. The maximum atomic E-state index is 13.1. The molecule has 0 unspecified atom stereocenters. The normalized spacial score (nSPS) is 20.6. The lowest BCUT2D eigenvalue weighted by atomic mass is 9.92. The first-order chi connectivity index (χ1) is 14.2. The third-order valence-corrected chi connectivity index (χ3v) is 6.27. The van der Waals surface area contributed by atoms with Gasteiger partial charge in [0.05, 0.1) is 28.9 Å². The zero-order valence-electron chi connectivity index (χ0n) is 16.4. The van der Waals surface area contributed by atoms with Crippen LogP contribution < -0.4 is 0 Å². The summed E-state index contributed by atoms with van der Waals surface area (Å²) in [5, 5.41) is 10.3. The fraction of sp³-hybridized carbons (Fsp3) is 0.292. The predicted octanol–water partition coefficient (Wildman–Crippen LogP) is 4.20. The Balaban J connectivity index is 1.49. The molecule has 2 aromatic heterocycles. The Labute approximate surface area is 169 Å². The lowest BCUT2D eigenvalue weighted by Gasteiger charge is -2.38. The number of carbonyl (C=O) groups is 1. The van der Waals surface area contributed by atoms with E-state index in [2.05, 4.69) is 47.0 Å². The summed E-state index contributed by atoms with van der Waals surface area (Å²) >= 11 is 0. The molecule has 5 rings (SSSR count). The van der Waals surface area contributed by atoms with Crippen LogP contribution in [0.15, 0.2) is 48.8 Å². The van der Waals surface area contributed by atoms with Gasteiger partial charge >= 0.3 is 0 Å². The molecular weight excluding hydrogens is 360 g/mol. The molecule has 3 aromatic rings. The quantitative estimate of drug-likeness (QED) is 0.667. The van der Waals surface area contributed by atoms with Crippen LogP contribution in [0.5, 0.6) is 0 Å². The van der Waals surface area contributed by atoms with Gasteiger partial charge in [-0.25, -0.2) is 0 Å². The second-order valence-electron chi connectivity index (χ2n) is 8.03. The summed E-state index contributed by atoms with van der Waals surface area (Å²) in [5.41, 5.74) is 4.67. The molecule has 2 atom stereocenters. The molecule has 0 spiro atoms. The highest BCUT2D eigenvalue weighted by Crippen LogP contribution is 2.35. The van der Waals surface area contributed by atoms with Crippen LogP contribution in [0.3, 0.4) is 0 Å². The zero-order chi connectivity index (χ0) is 20.0. The van der Waals surface area contributed by atoms with Crippen molar-refractivity contribution in [3.63, 3.8) is 0 Å². The number of hydrogen-bond donors (Lipinski definition) is 0. The lowest BCUT2D eigenvalue weighted by molar-refractivity contribution is 0.0625. The van der Waals surface area contributed by atoms with E-state index in [9.17, 15) is 4.79 Å². The molecule has 144 valence electrons. The number of nitrogens with zero attached hydrogens (tertiary/aromatic N) is 4. The number of hydrogen-bond acceptors (Lipinski definition) is 3. The predicted molar refractivity (Wildman–Crippen MR) is 112 cm³/mol. The maximum absolute atomic E-state index is 13.1. The number of rotatable bonds is 2. The van der Waals surface area contributed by atoms with Gasteiger partial charge in [-0.15, -0.1) is 0 Å². The van der Waals surface area contributed by atoms with Crippen LogP contribution in [0.2, 0.25) is 0 Å². The Bertz CT molecular complexity index is 1180. The van der Waals surface area contributed by atoms with E-state index in [0.29, 0.717) is 23.6 Å². The Morgan fingerprint density at radius 1 is 1.31 bits per heavy atom. The third-order valence-electron chi connectivity index (χ3n) is 6.27. The molecule has 1 aliphatic carbocycles. The molecule has 5 nitrogen and oxygen atoms in total. The standard InChI is InChI=1S/C24H22N4O/c1-16-8-10-27(24(29)18-5-2-4-17(12-18)13-25)15-22(16)28-11-9-19-14-26-21-7-3-6-20(21)23(19)28/h2-6,9,11-12,14,16,22H,7-8,10,15H2,1H3/t16-,22+/m1/s1. The summed E-state index contributed by atoms with van der Waals surface area (Å²) in [6.45, 7) is 3.68. The van der Waals surface area contributed by atoms with Gasteiger partial charge in [0.1, 0.15) is 0 Å². The van der Waals surface area contributed by atoms with Crippen LogP contribution in [0, 0.1) is 17.2 Å². The summed E-state index contributed by atoms with van der Waals surface area (Å²) in [7, 11) is 0. The van der Waals surface area contributed by atoms with Crippen molar-refractivity contribution in [2.24, 2.45) is 5.92 Å². The van der Waals surface area contributed by atoms with E-state index in [1.54, 1.807) is 24.3 Å². The van der Waals surface area contributed by atoms with Gasteiger partial charge in [0.2, 0.25) is 0 Å². The van der Waals surface area contributed by atoms with E-state index in [0.717, 1.165) is 30.5 Å². The fourth-order valence-corrected chi connectivity index (χ4v) is 4.62. The topological polar surface area (TPSA) is 61.9 Å². The number of fused-ring (bicyclic) bond motifs is 3. The molecular formula is C24H22N4O. The van der Waals surface area contributed by atoms with Crippen molar-refractivity contribution in [1.29, 1.82) is 5.26 Å². The van der Waals surface area contributed by atoms with E-state index in [4.69, 9.17) is 5.26 Å². The van der Waals surface area contributed by atoms with Crippen molar-refractivity contribution in [2.75, 3.05) is 13.1 Å². The Morgan fingerprint density at radius 2 is 2.21 bits per heavy atom. The van der Waals surface area contributed by atoms with E-state index < -0.39 is 0 Å². The van der Waals surface area contributed by atoms with E-state index in [-0.39, 0.29) is 11.9 Å². The zero-order valence-corrected chi connectivity index (χ0v) is 16.4. The van der Waals surface area contributed by atoms with Crippen molar-refractivity contribution in [3.8, 4) is 6.07 Å². The molecule has 0 N–H and O–H groups in total. The van der Waals surface area contributed by atoms with Crippen LogP contribution in [-0.2, 0) is 6.42 Å². The molecule has 29 heavy (non-hydrogen) atoms. The first-order valence-corrected chi connectivity index (χ1v) is 10.1. The van der Waals surface area contributed by atoms with Gasteiger partial charge in [-0.05, 0) is 36.6 Å². The number of carbonyl (C=O) groups excluding carboxylic acids is 1. The number of pyridine rings is 1. The number of amides is 1. The lowest BCUT2D eigenvalue weighted by Crippen LogP contribution is -2.43. The molecule has 1 amide bonds. The van der Waals surface area contributed by atoms with Gasteiger partial charge in [-0.2, -0.15) is 5.26 Å². The van der Waals surface area contributed by atoms with Gasteiger partial charge in [-0.3, -0.25) is 9.78 Å². The highest BCUT2D eigenvalue weighted by molar-refractivity contribution is 5.95. The summed E-state index contributed by atoms with van der Waals surface area (Å²) in [6.07, 6.45) is 10.3. The van der Waals surface area contributed by atoms with Crippen molar-refractivity contribution >= 4 is 22.9 Å². The van der Waals surface area contributed by atoms with Crippen molar-refractivity contribution in [1.82, 2.24) is 14.5 Å². The van der Waals surface area contributed by atoms with Crippen LogP contribution >= 0.6 is 0 Å². The summed E-state index contributed by atoms with van der Waals surface area (Å²) < 4.78 is 2.35. The molecule has 1 aliphatic heterocycles. The minimum absolute atomic E-state index is 0.00209. The molecule has 0 bridgehead atoms. The van der Waals surface area contributed by atoms with E-state index in [1.165, 1.54) is 11.1 Å². The highest BCUT2D eigenvalue weighted by atomic mass is 16.2. The molecule has 0 saturated carbocycles. The van der Waals surface area contributed by atoms with Crippen LogP contribution in [0.25, 0.3) is 17.0 Å². The molecule has 0 radical (unpaired) electrons. The highest BCUT2D eigenvalue weighted by Gasteiger charge is 2.31. The largest absolute Gasteiger partial charge is 0.342 e. The van der Waals surface area contributed by atoms with Crippen molar-refractivity contribution < 1.29 is 4.79 Å². The number of likely N-dealkylation sites (tertiary alicyclic amines) is 1. The Hall–Kier alpha value is -3.39. The number of benzene rings is 1. The first kappa shape index (κ1) is 17.7. The van der Waals surface area contributed by atoms with Gasteiger partial charge < -0.3 is 9.47 Å². The second-order valence-corrected chi connectivity index (χ2v) is 8.03. The van der Waals surface area contributed by atoms with Crippen molar-refractivity contribution in [3.05, 3.63) is 71.2 Å². The monoisotopic (exact) mass is 382 g/mol. The van der Waals surface area contributed by atoms with Crippen molar-refractivity contribution in [2.45, 2.75) is 25.8 Å². The van der Waals surface area contributed by atoms with Gasteiger partial charge in [0.25, 0.3) is 5.91 Å². The smallest absolute Gasteiger partial charge is 0.253 e. The molecule has 2 aliphatic rings. The molecule has 1 fully saturated rings. The third kappa shape index (κ3) is 2.92. The Kier molecular flexibility index (Phi) is 4.21. The average Bonchev–Trinajstić information content (AvgIpc) is 3.40. The Morgan fingerprint density at radius 3 is 3.07 bits per heavy atom.